The molecule has 0 fully saturated rings. The maximum atomic E-state index is 12.5. The van der Waals surface area contributed by atoms with Crippen LogP contribution >= 0.6 is 0 Å². The topological polar surface area (TPSA) is 73.9 Å². The van der Waals surface area contributed by atoms with Gasteiger partial charge in [0.2, 0.25) is 0 Å². The summed E-state index contributed by atoms with van der Waals surface area (Å²) in [6.07, 6.45) is -0.686. The summed E-state index contributed by atoms with van der Waals surface area (Å²) in [6, 6.07) is 5.85. The van der Waals surface area contributed by atoms with Gasteiger partial charge in [0.1, 0.15) is 17.0 Å². The molecule has 0 bridgehead atoms. The fourth-order valence-corrected chi connectivity index (χ4v) is 1.86. The fraction of sp³-hybridized carbons (Fsp3) is 0.556. The third-order valence-electron chi connectivity index (χ3n) is 2.75. The van der Waals surface area contributed by atoms with Gasteiger partial charge in [-0.05, 0) is 59.2 Å². The first kappa shape index (κ1) is 19.8. The average Bonchev–Trinajstić information content (AvgIpc) is 2.41. The smallest absolute Gasteiger partial charge is 0.408 e. The van der Waals surface area contributed by atoms with Gasteiger partial charge in [-0.1, -0.05) is 12.1 Å². The maximum absolute atomic E-state index is 12.5. The molecule has 0 radical (unpaired) electrons. The number of amides is 1. The van der Waals surface area contributed by atoms with Crippen molar-refractivity contribution in [1.29, 1.82) is 0 Å². The van der Waals surface area contributed by atoms with Crippen molar-refractivity contribution in [3.05, 3.63) is 29.8 Å². The van der Waals surface area contributed by atoms with Gasteiger partial charge in [-0.25, -0.2) is 9.59 Å². The third kappa shape index (κ3) is 6.89. The molecule has 6 nitrogen and oxygen atoms in total. The number of hydrogen-bond donors (Lipinski definition) is 1. The van der Waals surface area contributed by atoms with Crippen molar-refractivity contribution in [1.82, 2.24) is 5.32 Å². The molecule has 0 aliphatic heterocycles. The van der Waals surface area contributed by atoms with Gasteiger partial charge in [-0.3, -0.25) is 0 Å². The molecule has 0 saturated heterocycles. The van der Waals surface area contributed by atoms with Crippen LogP contribution in [0.15, 0.2) is 24.3 Å². The van der Waals surface area contributed by atoms with Crippen molar-refractivity contribution in [2.75, 3.05) is 7.11 Å². The molecule has 0 unspecified atom stereocenters. The molecule has 6 heteroatoms. The predicted molar refractivity (Wildman–Crippen MR) is 90.9 cm³/mol. The quantitative estimate of drug-likeness (QED) is 0.850. The van der Waals surface area contributed by atoms with Crippen molar-refractivity contribution < 1.29 is 23.8 Å². The van der Waals surface area contributed by atoms with Crippen LogP contribution in [-0.2, 0) is 14.3 Å². The van der Waals surface area contributed by atoms with Gasteiger partial charge in [-0.2, -0.15) is 0 Å². The second-order valence-corrected chi connectivity index (χ2v) is 7.39. The number of alkyl carbamates (subject to hydrolysis) is 1. The molecule has 0 aliphatic rings. The zero-order valence-corrected chi connectivity index (χ0v) is 15.4. The lowest BCUT2D eigenvalue weighted by atomic mass is 10.1. The summed E-state index contributed by atoms with van der Waals surface area (Å²) < 4.78 is 15.7. The molecule has 0 aliphatic carbocycles. The number of rotatable bonds is 4. The fourth-order valence-electron chi connectivity index (χ4n) is 1.86. The van der Waals surface area contributed by atoms with Gasteiger partial charge >= 0.3 is 12.1 Å². The van der Waals surface area contributed by atoms with E-state index in [-0.39, 0.29) is 0 Å². The SMILES string of the molecule is COc1ccc([C@@H](NC(=O)OC(C)(C)C)C(=O)OC(C)(C)C)cc1. The van der Waals surface area contributed by atoms with E-state index in [1.807, 2.05) is 0 Å². The largest absolute Gasteiger partial charge is 0.497 e. The second-order valence-electron chi connectivity index (χ2n) is 7.39. The highest BCUT2D eigenvalue weighted by atomic mass is 16.6. The summed E-state index contributed by atoms with van der Waals surface area (Å²) in [5.74, 6) is 0.0949. The minimum absolute atomic E-state index is 0.557. The molecular formula is C18H27NO5. The number of methoxy groups -OCH3 is 1. The molecule has 0 aromatic heterocycles. The van der Waals surface area contributed by atoms with Gasteiger partial charge in [0.15, 0.2) is 6.04 Å². The Morgan fingerprint density at radius 1 is 0.917 bits per heavy atom. The minimum Gasteiger partial charge on any atom is -0.497 e. The van der Waals surface area contributed by atoms with Crippen LogP contribution in [0.3, 0.4) is 0 Å². The molecule has 24 heavy (non-hydrogen) atoms. The Hall–Kier alpha value is -2.24. The van der Waals surface area contributed by atoms with Gasteiger partial charge < -0.3 is 19.5 Å². The number of nitrogens with one attached hydrogen (secondary N) is 1. The monoisotopic (exact) mass is 337 g/mol. The van der Waals surface area contributed by atoms with E-state index >= 15 is 0 Å². The van der Waals surface area contributed by atoms with E-state index in [1.165, 1.54) is 0 Å². The van der Waals surface area contributed by atoms with E-state index in [2.05, 4.69) is 5.32 Å². The normalized spacial score (nSPS) is 13.0. The van der Waals surface area contributed by atoms with E-state index < -0.39 is 29.3 Å². The molecular weight excluding hydrogens is 310 g/mol. The van der Waals surface area contributed by atoms with Crippen LogP contribution in [0.4, 0.5) is 4.79 Å². The van der Waals surface area contributed by atoms with Crippen molar-refractivity contribution >= 4 is 12.1 Å². The van der Waals surface area contributed by atoms with Gasteiger partial charge in [-0.15, -0.1) is 0 Å². The Bertz CT molecular complexity index is 567. The van der Waals surface area contributed by atoms with E-state index in [1.54, 1.807) is 72.9 Å². The predicted octanol–water partition coefficient (Wildman–Crippen LogP) is 3.60. The summed E-state index contributed by atoms with van der Waals surface area (Å²) in [4.78, 5) is 24.6. The number of esters is 1. The average molecular weight is 337 g/mol. The van der Waals surface area contributed by atoms with Crippen LogP contribution in [-0.4, -0.2) is 30.4 Å². The molecule has 1 N–H and O–H groups in total. The summed E-state index contributed by atoms with van der Waals surface area (Å²) in [5.41, 5.74) is -0.754. The van der Waals surface area contributed by atoms with Crippen LogP contribution in [0.5, 0.6) is 5.75 Å². The molecule has 1 rings (SSSR count). The maximum Gasteiger partial charge on any atom is 0.408 e. The lowest BCUT2D eigenvalue weighted by Gasteiger charge is -2.26. The molecule has 1 amide bonds. The van der Waals surface area contributed by atoms with Crippen molar-refractivity contribution in [2.24, 2.45) is 0 Å². The standard InChI is InChI=1S/C18H27NO5/c1-17(2,3)23-15(20)14(19-16(21)24-18(4,5)6)12-8-10-13(22-7)11-9-12/h8-11,14H,1-7H3,(H,19,21)/t14-/m1/s1. The Balaban J connectivity index is 3.02. The zero-order chi connectivity index (χ0) is 18.5. The Morgan fingerprint density at radius 2 is 1.42 bits per heavy atom. The van der Waals surface area contributed by atoms with Gasteiger partial charge in [0.05, 0.1) is 7.11 Å². The van der Waals surface area contributed by atoms with Crippen LogP contribution in [0.1, 0.15) is 53.1 Å². The second kappa shape index (κ2) is 7.55. The first-order chi connectivity index (χ1) is 10.9. The van der Waals surface area contributed by atoms with E-state index in [4.69, 9.17) is 14.2 Å². The summed E-state index contributed by atoms with van der Waals surface area (Å²) in [5, 5.41) is 2.57. The highest BCUT2D eigenvalue weighted by molar-refractivity contribution is 5.83. The van der Waals surface area contributed by atoms with E-state index in [9.17, 15) is 9.59 Å². The Labute approximate surface area is 143 Å². The molecule has 0 spiro atoms. The number of carbonyl (C=O) groups excluding carboxylic acids is 2. The van der Waals surface area contributed by atoms with Crippen molar-refractivity contribution in [3.63, 3.8) is 0 Å². The molecule has 0 saturated carbocycles. The first-order valence-electron chi connectivity index (χ1n) is 7.77. The van der Waals surface area contributed by atoms with E-state index in [0.717, 1.165) is 0 Å². The highest BCUT2D eigenvalue weighted by Gasteiger charge is 2.30. The lowest BCUT2D eigenvalue weighted by Crippen LogP contribution is -2.40. The number of carbonyl (C=O) groups is 2. The van der Waals surface area contributed by atoms with Crippen LogP contribution in [0.2, 0.25) is 0 Å². The molecule has 0 heterocycles. The van der Waals surface area contributed by atoms with Crippen LogP contribution in [0, 0.1) is 0 Å². The molecule has 1 aromatic carbocycles. The molecule has 1 atom stereocenters. The Morgan fingerprint density at radius 3 is 1.83 bits per heavy atom. The summed E-state index contributed by atoms with van der Waals surface area (Å²) in [6.45, 7) is 10.6. The van der Waals surface area contributed by atoms with Gasteiger partial charge in [0, 0.05) is 0 Å². The first-order valence-corrected chi connectivity index (χ1v) is 7.77. The van der Waals surface area contributed by atoms with Crippen molar-refractivity contribution in [2.45, 2.75) is 58.8 Å². The van der Waals surface area contributed by atoms with Crippen LogP contribution in [0.25, 0.3) is 0 Å². The summed E-state index contributed by atoms with van der Waals surface area (Å²) >= 11 is 0. The van der Waals surface area contributed by atoms with Crippen molar-refractivity contribution in [3.8, 4) is 5.75 Å². The van der Waals surface area contributed by atoms with Gasteiger partial charge in [0.25, 0.3) is 0 Å². The van der Waals surface area contributed by atoms with Crippen LogP contribution < -0.4 is 10.1 Å². The van der Waals surface area contributed by atoms with E-state index in [0.29, 0.717) is 11.3 Å². The highest BCUT2D eigenvalue weighted by Crippen LogP contribution is 2.22. The minimum atomic E-state index is -0.968. The molecule has 1 aromatic rings. The zero-order valence-electron chi connectivity index (χ0n) is 15.4. The molecule has 134 valence electrons. The summed E-state index contributed by atoms with van der Waals surface area (Å²) in [7, 11) is 1.55. The number of benzene rings is 1. The lowest BCUT2D eigenvalue weighted by molar-refractivity contribution is -0.157. The number of ether oxygens (including phenoxy) is 3. The number of hydrogen-bond acceptors (Lipinski definition) is 5. The Kier molecular flexibility index (Phi) is 6.23. The third-order valence-corrected chi connectivity index (χ3v) is 2.75.